The summed E-state index contributed by atoms with van der Waals surface area (Å²) in [5.41, 5.74) is 4.58. The first-order chi connectivity index (χ1) is 15.6. The number of likely N-dealkylation sites (tertiary alicyclic amines) is 1. The van der Waals surface area contributed by atoms with E-state index in [1.165, 1.54) is 23.3 Å². The second-order valence-corrected chi connectivity index (χ2v) is 9.44. The predicted octanol–water partition coefficient (Wildman–Crippen LogP) is 4.71. The Morgan fingerprint density at radius 3 is 2.50 bits per heavy atom. The maximum absolute atomic E-state index is 12.9. The number of nitrogens with zero attached hydrogens (tertiary/aromatic N) is 2. The summed E-state index contributed by atoms with van der Waals surface area (Å²) in [5, 5.41) is 3.42. The van der Waals surface area contributed by atoms with Gasteiger partial charge in [-0.05, 0) is 74.0 Å². The van der Waals surface area contributed by atoms with Crippen molar-refractivity contribution in [3.05, 3.63) is 70.3 Å². The van der Waals surface area contributed by atoms with Crippen LogP contribution >= 0.6 is 0 Å². The fourth-order valence-electron chi connectivity index (χ4n) is 5.46. The maximum atomic E-state index is 12.9. The van der Waals surface area contributed by atoms with Crippen molar-refractivity contribution in [2.24, 2.45) is 0 Å². The molecule has 1 amide bonds. The van der Waals surface area contributed by atoms with Crippen LogP contribution in [0, 0.1) is 0 Å². The Balaban J connectivity index is 1.18. The molecule has 0 radical (unpaired) electrons. The third kappa shape index (κ3) is 4.44. The first kappa shape index (κ1) is 21.5. The number of benzene rings is 2. The summed E-state index contributed by atoms with van der Waals surface area (Å²) in [7, 11) is 0. The largest absolute Gasteiger partial charge is 0.330 e. The zero-order chi connectivity index (χ0) is 22.1. The van der Waals surface area contributed by atoms with E-state index < -0.39 is 6.43 Å². The molecule has 170 valence electrons. The Bertz CT molecular complexity index is 948. The number of piperidine rings is 2. The summed E-state index contributed by atoms with van der Waals surface area (Å²) < 4.78 is 25.5. The lowest BCUT2D eigenvalue weighted by atomic mass is 9.87. The van der Waals surface area contributed by atoms with Gasteiger partial charge in [0.15, 0.2) is 0 Å². The van der Waals surface area contributed by atoms with Crippen LogP contribution in [0.1, 0.15) is 70.6 Å². The van der Waals surface area contributed by atoms with E-state index in [9.17, 15) is 13.6 Å². The molecule has 5 rings (SSSR count). The monoisotopic (exact) mass is 439 g/mol. The Morgan fingerprint density at radius 2 is 1.81 bits per heavy atom. The number of nitrogens with one attached hydrogen (secondary N) is 1. The molecule has 2 saturated heterocycles. The summed E-state index contributed by atoms with van der Waals surface area (Å²) in [4.78, 5) is 17.4. The average Bonchev–Trinajstić information content (AvgIpc) is 3.16. The number of rotatable bonds is 5. The van der Waals surface area contributed by atoms with Gasteiger partial charge in [-0.2, -0.15) is 0 Å². The fraction of sp³-hybridized carbons (Fsp3) is 0.500. The van der Waals surface area contributed by atoms with Gasteiger partial charge in [0, 0.05) is 36.8 Å². The summed E-state index contributed by atoms with van der Waals surface area (Å²) >= 11 is 0. The number of hydrogen-bond donors (Lipinski definition) is 1. The third-order valence-electron chi connectivity index (χ3n) is 7.37. The van der Waals surface area contributed by atoms with Crippen molar-refractivity contribution in [1.82, 2.24) is 15.1 Å². The van der Waals surface area contributed by atoms with E-state index >= 15 is 0 Å². The van der Waals surface area contributed by atoms with Crippen LogP contribution in [0.4, 0.5) is 8.78 Å². The Labute approximate surface area is 188 Å². The van der Waals surface area contributed by atoms with Crippen LogP contribution in [0.15, 0.2) is 42.5 Å². The Hall–Kier alpha value is -2.31. The van der Waals surface area contributed by atoms with Crippen LogP contribution in [0.2, 0.25) is 0 Å². The lowest BCUT2D eigenvalue weighted by Gasteiger charge is -2.32. The molecule has 0 saturated carbocycles. The van der Waals surface area contributed by atoms with Gasteiger partial charge in [-0.1, -0.05) is 36.4 Å². The predicted molar refractivity (Wildman–Crippen MR) is 121 cm³/mol. The van der Waals surface area contributed by atoms with Crippen LogP contribution in [0.5, 0.6) is 0 Å². The van der Waals surface area contributed by atoms with Crippen LogP contribution in [-0.4, -0.2) is 47.9 Å². The lowest BCUT2D eigenvalue weighted by Crippen LogP contribution is -2.46. The number of halogens is 2. The number of alkyl halides is 2. The summed E-state index contributed by atoms with van der Waals surface area (Å²) in [6.07, 6.45) is 1.97. The molecule has 2 aromatic carbocycles. The molecule has 0 aliphatic carbocycles. The van der Waals surface area contributed by atoms with Crippen LogP contribution < -0.4 is 5.32 Å². The molecule has 0 spiro atoms. The van der Waals surface area contributed by atoms with Crippen LogP contribution in [-0.2, 0) is 13.1 Å². The van der Waals surface area contributed by atoms with E-state index in [0.29, 0.717) is 12.0 Å². The summed E-state index contributed by atoms with van der Waals surface area (Å²) in [5.74, 6) is 0.700. The van der Waals surface area contributed by atoms with Crippen molar-refractivity contribution in [3.63, 3.8) is 0 Å². The maximum Gasteiger partial charge on any atom is 0.263 e. The molecule has 32 heavy (non-hydrogen) atoms. The molecule has 0 aromatic heterocycles. The van der Waals surface area contributed by atoms with E-state index in [-0.39, 0.29) is 11.5 Å². The van der Waals surface area contributed by atoms with Gasteiger partial charge in [0.25, 0.3) is 12.3 Å². The molecule has 1 unspecified atom stereocenters. The quantitative estimate of drug-likeness (QED) is 0.733. The highest BCUT2D eigenvalue weighted by Gasteiger charge is 2.34. The van der Waals surface area contributed by atoms with E-state index in [4.69, 9.17) is 0 Å². The molecular weight excluding hydrogens is 408 g/mol. The first-order valence-corrected chi connectivity index (χ1v) is 11.8. The minimum atomic E-state index is -2.41. The van der Waals surface area contributed by atoms with Gasteiger partial charge in [0.2, 0.25) is 0 Å². The zero-order valence-corrected chi connectivity index (χ0v) is 18.4. The van der Waals surface area contributed by atoms with Gasteiger partial charge < -0.3 is 10.2 Å². The Morgan fingerprint density at radius 1 is 1.03 bits per heavy atom. The van der Waals surface area contributed by atoms with Gasteiger partial charge in [-0.15, -0.1) is 0 Å². The molecule has 6 heteroatoms. The van der Waals surface area contributed by atoms with Crippen molar-refractivity contribution in [2.75, 3.05) is 26.2 Å². The van der Waals surface area contributed by atoms with Crippen molar-refractivity contribution >= 4 is 5.91 Å². The minimum Gasteiger partial charge on any atom is -0.330 e. The van der Waals surface area contributed by atoms with Crippen LogP contribution in [0.25, 0.3) is 0 Å². The van der Waals surface area contributed by atoms with Crippen molar-refractivity contribution in [1.29, 1.82) is 0 Å². The van der Waals surface area contributed by atoms with E-state index in [2.05, 4.69) is 27.2 Å². The molecule has 2 aromatic rings. The van der Waals surface area contributed by atoms with E-state index in [1.807, 2.05) is 18.2 Å². The Kier molecular flexibility index (Phi) is 6.24. The molecule has 0 bridgehead atoms. The molecule has 4 nitrogen and oxygen atoms in total. The second-order valence-electron chi connectivity index (χ2n) is 9.44. The zero-order valence-electron chi connectivity index (χ0n) is 18.4. The van der Waals surface area contributed by atoms with E-state index in [1.54, 1.807) is 0 Å². The van der Waals surface area contributed by atoms with Gasteiger partial charge in [0.05, 0.1) is 0 Å². The minimum absolute atomic E-state index is 0.0841. The van der Waals surface area contributed by atoms with Crippen molar-refractivity contribution < 1.29 is 13.6 Å². The molecule has 2 fully saturated rings. The van der Waals surface area contributed by atoms with Gasteiger partial charge in [-0.3, -0.25) is 9.69 Å². The number of fused-ring (bicyclic) bond motifs is 1. The molecular formula is C26H31F2N3O. The molecule has 1 N–H and O–H groups in total. The average molecular weight is 440 g/mol. The summed E-state index contributed by atoms with van der Waals surface area (Å²) in [6.45, 7) is 5.49. The highest BCUT2D eigenvalue weighted by molar-refractivity contribution is 5.98. The van der Waals surface area contributed by atoms with Crippen molar-refractivity contribution in [2.45, 2.75) is 57.2 Å². The standard InChI is InChI=1S/C26H31F2N3O/c27-25(28)20-5-3-18(4-6-20)16-30-12-9-19(10-13-30)21-7-8-24-22(14-21)17-31(26(24)32)23-2-1-11-29-15-23/h3-8,14,19,23,25,29H,1-2,9-13,15-17H2. The number of carbonyl (C=O) groups is 1. The number of carbonyl (C=O) groups excluding carboxylic acids is 1. The SMILES string of the molecule is O=C1c2ccc(C3CCN(Cc4ccc(C(F)F)cc4)CC3)cc2CN1C1CCCNC1. The number of amides is 1. The van der Waals surface area contributed by atoms with Gasteiger partial charge in [0.1, 0.15) is 0 Å². The normalized spacial score (nSPS) is 22.5. The fourth-order valence-corrected chi connectivity index (χ4v) is 5.46. The lowest BCUT2D eigenvalue weighted by molar-refractivity contribution is 0.0674. The van der Waals surface area contributed by atoms with E-state index in [0.717, 1.165) is 76.1 Å². The van der Waals surface area contributed by atoms with Crippen LogP contribution in [0.3, 0.4) is 0 Å². The van der Waals surface area contributed by atoms with Gasteiger partial charge >= 0.3 is 0 Å². The molecule has 3 aliphatic rings. The van der Waals surface area contributed by atoms with Crippen molar-refractivity contribution in [3.8, 4) is 0 Å². The second kappa shape index (κ2) is 9.28. The highest BCUT2D eigenvalue weighted by atomic mass is 19.3. The third-order valence-corrected chi connectivity index (χ3v) is 7.37. The molecule has 1 atom stereocenters. The molecule has 3 aliphatic heterocycles. The van der Waals surface area contributed by atoms with Gasteiger partial charge in [-0.25, -0.2) is 8.78 Å². The first-order valence-electron chi connectivity index (χ1n) is 11.8. The topological polar surface area (TPSA) is 35.6 Å². The highest BCUT2D eigenvalue weighted by Crippen LogP contribution is 2.33. The smallest absolute Gasteiger partial charge is 0.263 e. The number of hydrogen-bond acceptors (Lipinski definition) is 3. The molecule has 3 heterocycles. The summed E-state index contributed by atoms with van der Waals surface area (Å²) in [6, 6.07) is 13.5.